The standard InChI is InChI=1S/C21H24N2O3S2/c1-14-5-6-15(2)20(13-14)28(24,25)22-12-11-19-16(3)23-21(27-19)17-7-9-18(26-4)10-8-17/h5-10,13,22H,11-12H2,1-4H3. The fourth-order valence-electron chi connectivity index (χ4n) is 2.89. The molecule has 1 N–H and O–H groups in total. The summed E-state index contributed by atoms with van der Waals surface area (Å²) in [6.45, 7) is 5.99. The van der Waals surface area contributed by atoms with E-state index in [0.717, 1.165) is 38.0 Å². The Morgan fingerprint density at radius 2 is 1.79 bits per heavy atom. The SMILES string of the molecule is COc1ccc(-c2nc(C)c(CCNS(=O)(=O)c3cc(C)ccc3C)s2)cc1. The number of aryl methyl sites for hydroxylation is 3. The van der Waals surface area contributed by atoms with E-state index in [1.54, 1.807) is 24.5 Å². The monoisotopic (exact) mass is 416 g/mol. The van der Waals surface area contributed by atoms with Crippen molar-refractivity contribution in [2.75, 3.05) is 13.7 Å². The van der Waals surface area contributed by atoms with Crippen LogP contribution in [0.1, 0.15) is 21.7 Å². The van der Waals surface area contributed by atoms with Gasteiger partial charge in [0.05, 0.1) is 17.7 Å². The zero-order valence-electron chi connectivity index (χ0n) is 16.4. The average molecular weight is 417 g/mol. The molecule has 0 fully saturated rings. The minimum Gasteiger partial charge on any atom is -0.497 e. The van der Waals surface area contributed by atoms with Gasteiger partial charge in [-0.25, -0.2) is 18.1 Å². The quantitative estimate of drug-likeness (QED) is 0.625. The summed E-state index contributed by atoms with van der Waals surface area (Å²) in [5.74, 6) is 0.804. The maximum atomic E-state index is 12.6. The molecule has 0 saturated carbocycles. The molecule has 0 aliphatic rings. The van der Waals surface area contributed by atoms with E-state index in [2.05, 4.69) is 9.71 Å². The van der Waals surface area contributed by atoms with E-state index >= 15 is 0 Å². The third-order valence-corrected chi connectivity index (χ3v) is 7.38. The molecule has 0 atom stereocenters. The van der Waals surface area contributed by atoms with Crippen LogP contribution in [0.2, 0.25) is 0 Å². The van der Waals surface area contributed by atoms with Crippen LogP contribution in [0.3, 0.4) is 0 Å². The van der Waals surface area contributed by atoms with Crippen molar-refractivity contribution in [1.29, 1.82) is 0 Å². The zero-order chi connectivity index (χ0) is 20.3. The van der Waals surface area contributed by atoms with Gasteiger partial charge in [-0.05, 0) is 68.7 Å². The van der Waals surface area contributed by atoms with Crippen LogP contribution in [-0.2, 0) is 16.4 Å². The zero-order valence-corrected chi connectivity index (χ0v) is 18.1. The molecule has 2 aromatic carbocycles. The van der Waals surface area contributed by atoms with Gasteiger partial charge in [-0.3, -0.25) is 0 Å². The second-order valence-electron chi connectivity index (χ2n) is 6.67. The molecule has 0 radical (unpaired) electrons. The maximum absolute atomic E-state index is 12.6. The second kappa shape index (κ2) is 8.43. The van der Waals surface area contributed by atoms with Crippen LogP contribution in [0.4, 0.5) is 0 Å². The lowest BCUT2D eigenvalue weighted by Gasteiger charge is -2.10. The number of ether oxygens (including phenoxy) is 1. The minimum absolute atomic E-state index is 0.334. The minimum atomic E-state index is -3.53. The van der Waals surface area contributed by atoms with Crippen LogP contribution in [-0.4, -0.2) is 27.1 Å². The van der Waals surface area contributed by atoms with Gasteiger partial charge in [0.25, 0.3) is 0 Å². The van der Waals surface area contributed by atoms with Crippen molar-refractivity contribution in [3.8, 4) is 16.3 Å². The maximum Gasteiger partial charge on any atom is 0.240 e. The Labute approximate surface area is 170 Å². The number of hydrogen-bond acceptors (Lipinski definition) is 5. The Kier molecular flexibility index (Phi) is 6.17. The summed E-state index contributed by atoms with van der Waals surface area (Å²) in [5.41, 5.74) is 3.63. The average Bonchev–Trinajstić information content (AvgIpc) is 3.04. The first-order valence-electron chi connectivity index (χ1n) is 8.98. The third-order valence-electron chi connectivity index (χ3n) is 4.51. The van der Waals surface area contributed by atoms with Crippen molar-refractivity contribution >= 4 is 21.4 Å². The number of aromatic nitrogens is 1. The molecule has 3 rings (SSSR count). The molecule has 0 aliphatic carbocycles. The molecule has 1 heterocycles. The summed E-state index contributed by atoms with van der Waals surface area (Å²) < 4.78 is 33.2. The van der Waals surface area contributed by atoms with Crippen molar-refractivity contribution in [3.63, 3.8) is 0 Å². The first-order valence-corrected chi connectivity index (χ1v) is 11.3. The number of benzene rings is 2. The Morgan fingerprint density at radius 3 is 2.46 bits per heavy atom. The molecule has 0 amide bonds. The highest BCUT2D eigenvalue weighted by Crippen LogP contribution is 2.29. The highest BCUT2D eigenvalue weighted by Gasteiger charge is 2.17. The predicted molar refractivity (Wildman–Crippen MR) is 114 cm³/mol. The Morgan fingerprint density at radius 1 is 1.07 bits per heavy atom. The van der Waals surface area contributed by atoms with Gasteiger partial charge in [-0.1, -0.05) is 12.1 Å². The molecular weight excluding hydrogens is 392 g/mol. The van der Waals surface area contributed by atoms with Gasteiger partial charge in [0, 0.05) is 17.0 Å². The summed E-state index contributed by atoms with van der Waals surface area (Å²) in [7, 11) is -1.89. The summed E-state index contributed by atoms with van der Waals surface area (Å²) in [6, 6.07) is 13.2. The normalized spacial score (nSPS) is 11.6. The number of hydrogen-bond donors (Lipinski definition) is 1. The predicted octanol–water partition coefficient (Wildman–Crippen LogP) is 4.26. The molecule has 5 nitrogen and oxygen atoms in total. The lowest BCUT2D eigenvalue weighted by atomic mass is 10.2. The lowest BCUT2D eigenvalue weighted by Crippen LogP contribution is -2.26. The molecular formula is C21H24N2O3S2. The van der Waals surface area contributed by atoms with Gasteiger partial charge in [0.15, 0.2) is 0 Å². The fourth-order valence-corrected chi connectivity index (χ4v) is 5.32. The molecule has 0 unspecified atom stereocenters. The number of methoxy groups -OCH3 is 1. The van der Waals surface area contributed by atoms with Crippen molar-refractivity contribution in [2.24, 2.45) is 0 Å². The van der Waals surface area contributed by atoms with Gasteiger partial charge < -0.3 is 4.74 Å². The van der Waals surface area contributed by atoms with Gasteiger partial charge in [-0.15, -0.1) is 11.3 Å². The molecule has 148 valence electrons. The molecule has 0 bridgehead atoms. The van der Waals surface area contributed by atoms with E-state index in [4.69, 9.17) is 4.74 Å². The number of nitrogens with zero attached hydrogens (tertiary/aromatic N) is 1. The first kappa shape index (κ1) is 20.5. The molecule has 7 heteroatoms. The molecule has 0 spiro atoms. The summed E-state index contributed by atoms with van der Waals surface area (Å²) in [5, 5.41) is 0.924. The van der Waals surface area contributed by atoms with E-state index in [1.165, 1.54) is 0 Å². The third kappa shape index (κ3) is 4.60. The van der Waals surface area contributed by atoms with Crippen molar-refractivity contribution < 1.29 is 13.2 Å². The smallest absolute Gasteiger partial charge is 0.240 e. The first-order chi connectivity index (χ1) is 13.3. The fraction of sp³-hybridized carbons (Fsp3) is 0.286. The number of rotatable bonds is 7. The number of thiazole rings is 1. The van der Waals surface area contributed by atoms with E-state index in [1.807, 2.05) is 57.2 Å². The van der Waals surface area contributed by atoms with Gasteiger partial charge in [0.2, 0.25) is 10.0 Å². The van der Waals surface area contributed by atoms with Crippen LogP contribution in [0.25, 0.3) is 10.6 Å². The Hall–Kier alpha value is -2.22. The summed E-state index contributed by atoms with van der Waals surface area (Å²) in [6.07, 6.45) is 0.601. The van der Waals surface area contributed by atoms with Gasteiger partial charge in [0.1, 0.15) is 10.8 Å². The molecule has 1 aromatic heterocycles. The van der Waals surface area contributed by atoms with E-state index in [-0.39, 0.29) is 0 Å². The molecule has 28 heavy (non-hydrogen) atoms. The van der Waals surface area contributed by atoms with Crippen LogP contribution in [0, 0.1) is 20.8 Å². The van der Waals surface area contributed by atoms with Crippen LogP contribution >= 0.6 is 11.3 Å². The van der Waals surface area contributed by atoms with Crippen LogP contribution in [0.15, 0.2) is 47.4 Å². The number of nitrogens with one attached hydrogen (secondary N) is 1. The largest absolute Gasteiger partial charge is 0.497 e. The van der Waals surface area contributed by atoms with E-state index < -0.39 is 10.0 Å². The Balaban J connectivity index is 1.69. The highest BCUT2D eigenvalue weighted by atomic mass is 32.2. The Bertz CT molecular complexity index is 1070. The van der Waals surface area contributed by atoms with Crippen LogP contribution < -0.4 is 9.46 Å². The van der Waals surface area contributed by atoms with E-state index in [9.17, 15) is 8.42 Å². The molecule has 3 aromatic rings. The van der Waals surface area contributed by atoms with Gasteiger partial charge >= 0.3 is 0 Å². The molecule has 0 saturated heterocycles. The topological polar surface area (TPSA) is 68.3 Å². The second-order valence-corrected chi connectivity index (χ2v) is 9.49. The van der Waals surface area contributed by atoms with E-state index in [0.29, 0.717) is 17.9 Å². The van der Waals surface area contributed by atoms with Crippen molar-refractivity contribution in [2.45, 2.75) is 32.1 Å². The van der Waals surface area contributed by atoms with Crippen molar-refractivity contribution in [3.05, 3.63) is 64.2 Å². The number of sulfonamides is 1. The van der Waals surface area contributed by atoms with Crippen molar-refractivity contribution in [1.82, 2.24) is 9.71 Å². The lowest BCUT2D eigenvalue weighted by molar-refractivity contribution is 0.415. The summed E-state index contributed by atoms with van der Waals surface area (Å²) >= 11 is 1.59. The van der Waals surface area contributed by atoms with Crippen LogP contribution in [0.5, 0.6) is 5.75 Å². The summed E-state index contributed by atoms with van der Waals surface area (Å²) in [4.78, 5) is 6.05. The highest BCUT2D eigenvalue weighted by molar-refractivity contribution is 7.89. The molecule has 0 aliphatic heterocycles. The van der Waals surface area contributed by atoms with Gasteiger partial charge in [-0.2, -0.15) is 0 Å².